The van der Waals surface area contributed by atoms with E-state index in [4.69, 9.17) is 4.74 Å². The summed E-state index contributed by atoms with van der Waals surface area (Å²) in [7, 11) is 0. The molecule has 1 saturated carbocycles. The number of benzene rings is 3. The van der Waals surface area contributed by atoms with Gasteiger partial charge in [0.15, 0.2) is 0 Å². The topological polar surface area (TPSA) is 62.6 Å². The second-order valence-electron chi connectivity index (χ2n) is 11.1. The Morgan fingerprint density at radius 1 is 0.921 bits per heavy atom. The van der Waals surface area contributed by atoms with E-state index in [1.807, 2.05) is 49.4 Å². The molecule has 2 N–H and O–H groups in total. The second kappa shape index (κ2) is 10.0. The van der Waals surface area contributed by atoms with Crippen molar-refractivity contribution in [1.29, 1.82) is 0 Å². The molecule has 1 fully saturated rings. The van der Waals surface area contributed by atoms with Crippen LogP contribution in [0.4, 0.5) is 0 Å². The fourth-order valence-corrected chi connectivity index (χ4v) is 6.92. The molecule has 4 atom stereocenters. The normalized spacial score (nSPS) is 26.3. The van der Waals surface area contributed by atoms with E-state index in [0.29, 0.717) is 19.4 Å². The van der Waals surface area contributed by atoms with Crippen LogP contribution >= 0.6 is 0 Å². The molecule has 0 unspecified atom stereocenters. The zero-order valence-electron chi connectivity index (χ0n) is 21.9. The van der Waals surface area contributed by atoms with E-state index in [0.717, 1.165) is 41.8 Å². The Morgan fingerprint density at radius 2 is 1.68 bits per heavy atom. The first-order valence-electron chi connectivity index (χ1n) is 13.6. The minimum Gasteiger partial charge on any atom is -0.489 e. The number of hydrogen-bond donors (Lipinski definition) is 2. The molecular formula is C34H35NO3. The maximum Gasteiger partial charge on any atom is 0.120 e. The third kappa shape index (κ3) is 4.42. The summed E-state index contributed by atoms with van der Waals surface area (Å²) >= 11 is 0. The maximum absolute atomic E-state index is 11.8. The first kappa shape index (κ1) is 24.8. The minimum atomic E-state index is -1.24. The first-order chi connectivity index (χ1) is 18.5. The predicted molar refractivity (Wildman–Crippen MR) is 149 cm³/mol. The van der Waals surface area contributed by atoms with Crippen molar-refractivity contribution in [1.82, 2.24) is 4.98 Å². The van der Waals surface area contributed by atoms with Gasteiger partial charge in [-0.05, 0) is 85.4 Å². The molecule has 0 bridgehead atoms. The standard InChI is InChI=1S/C34H35NO3/c1-24-27(11-8-18-35-24)23-38-30-16-17-31-26(19-30)14-15-29-21-34(37,28-12-6-3-7-13-28)32(36)22-33(29,31)20-25-9-4-2-5-10-25/h2-13,16-19,29,32,36-37H,14-15,20-23H2,1H3/t29-,32+,33-,34-/m1/s1. The van der Waals surface area contributed by atoms with E-state index < -0.39 is 11.7 Å². The van der Waals surface area contributed by atoms with Crippen molar-refractivity contribution in [2.24, 2.45) is 5.92 Å². The van der Waals surface area contributed by atoms with E-state index >= 15 is 0 Å². The van der Waals surface area contributed by atoms with E-state index in [1.165, 1.54) is 16.7 Å². The number of aryl methyl sites for hydroxylation is 2. The molecule has 3 aromatic carbocycles. The molecule has 0 spiro atoms. The molecule has 4 heteroatoms. The number of nitrogens with zero attached hydrogens (tertiary/aromatic N) is 1. The van der Waals surface area contributed by atoms with Crippen molar-refractivity contribution in [3.8, 4) is 5.75 Å². The van der Waals surface area contributed by atoms with Gasteiger partial charge in [-0.15, -0.1) is 0 Å². The first-order valence-corrected chi connectivity index (χ1v) is 13.6. The molecular weight excluding hydrogens is 470 g/mol. The summed E-state index contributed by atoms with van der Waals surface area (Å²) in [5.41, 5.74) is 5.21. The maximum atomic E-state index is 11.8. The summed E-state index contributed by atoms with van der Waals surface area (Å²) in [6.07, 6.45) is 4.73. The SMILES string of the molecule is Cc1ncccc1COc1ccc2c(c1)CC[C@@H]1C[C@@](O)(c3ccccc3)[C@@H](O)C[C@@]21Cc1ccccc1. The van der Waals surface area contributed by atoms with Crippen LogP contribution < -0.4 is 4.74 Å². The number of aliphatic hydroxyl groups is 2. The number of rotatable bonds is 6. The van der Waals surface area contributed by atoms with Crippen LogP contribution in [0.2, 0.25) is 0 Å². The summed E-state index contributed by atoms with van der Waals surface area (Å²) in [6, 6.07) is 30.8. The molecule has 2 aliphatic carbocycles. The number of ether oxygens (including phenoxy) is 1. The van der Waals surface area contributed by atoms with Crippen molar-refractivity contribution in [2.75, 3.05) is 0 Å². The fourth-order valence-electron chi connectivity index (χ4n) is 6.92. The minimum absolute atomic E-state index is 0.244. The molecule has 4 nitrogen and oxygen atoms in total. The van der Waals surface area contributed by atoms with Crippen LogP contribution in [0.15, 0.2) is 97.2 Å². The highest BCUT2D eigenvalue weighted by atomic mass is 16.5. The van der Waals surface area contributed by atoms with Gasteiger partial charge in [0, 0.05) is 22.9 Å². The lowest BCUT2D eigenvalue weighted by Gasteiger charge is -2.55. The molecule has 0 aliphatic heterocycles. The molecule has 1 aromatic heterocycles. The monoisotopic (exact) mass is 505 g/mol. The lowest BCUT2D eigenvalue weighted by molar-refractivity contribution is -0.145. The lowest BCUT2D eigenvalue weighted by atomic mass is 9.51. The van der Waals surface area contributed by atoms with Gasteiger partial charge in [0.25, 0.3) is 0 Å². The lowest BCUT2D eigenvalue weighted by Crippen LogP contribution is -2.57. The van der Waals surface area contributed by atoms with Gasteiger partial charge < -0.3 is 14.9 Å². The van der Waals surface area contributed by atoms with Gasteiger partial charge in [-0.2, -0.15) is 0 Å². The van der Waals surface area contributed by atoms with Gasteiger partial charge >= 0.3 is 0 Å². The largest absolute Gasteiger partial charge is 0.489 e. The van der Waals surface area contributed by atoms with Crippen LogP contribution in [-0.2, 0) is 30.5 Å². The Bertz CT molecular complexity index is 1410. The Labute approximate surface area is 225 Å². The zero-order valence-corrected chi connectivity index (χ0v) is 21.9. The number of pyridine rings is 1. The Hall–Kier alpha value is -3.47. The summed E-state index contributed by atoms with van der Waals surface area (Å²) in [5.74, 6) is 1.10. The average molecular weight is 506 g/mol. The summed E-state index contributed by atoms with van der Waals surface area (Å²) < 4.78 is 6.21. The third-order valence-electron chi connectivity index (χ3n) is 8.97. The molecule has 0 saturated heterocycles. The van der Waals surface area contributed by atoms with Crippen molar-refractivity contribution in [3.05, 3.63) is 131 Å². The molecule has 194 valence electrons. The number of fused-ring (bicyclic) bond motifs is 3. The van der Waals surface area contributed by atoms with Crippen molar-refractivity contribution in [3.63, 3.8) is 0 Å². The zero-order chi connectivity index (χ0) is 26.2. The quantitative estimate of drug-likeness (QED) is 0.335. The highest BCUT2D eigenvalue weighted by Gasteiger charge is 2.56. The van der Waals surface area contributed by atoms with Gasteiger partial charge in [-0.1, -0.05) is 72.8 Å². The molecule has 38 heavy (non-hydrogen) atoms. The van der Waals surface area contributed by atoms with Crippen molar-refractivity contribution >= 4 is 0 Å². The van der Waals surface area contributed by atoms with E-state index in [9.17, 15) is 10.2 Å². The Balaban J connectivity index is 1.35. The second-order valence-corrected chi connectivity index (χ2v) is 11.1. The van der Waals surface area contributed by atoms with Gasteiger partial charge in [0.2, 0.25) is 0 Å². The van der Waals surface area contributed by atoms with Gasteiger partial charge in [0.1, 0.15) is 18.0 Å². The highest BCUT2D eigenvalue weighted by molar-refractivity contribution is 5.46. The Kier molecular flexibility index (Phi) is 6.55. The molecule has 0 amide bonds. The molecule has 2 aliphatic rings. The molecule has 4 aromatic rings. The number of hydrogen-bond acceptors (Lipinski definition) is 4. The van der Waals surface area contributed by atoms with Crippen molar-refractivity contribution in [2.45, 2.75) is 62.8 Å². The fraction of sp³-hybridized carbons (Fsp3) is 0.324. The van der Waals surface area contributed by atoms with E-state index in [1.54, 1.807) is 6.20 Å². The molecule has 1 heterocycles. The van der Waals surface area contributed by atoms with Crippen LogP contribution in [-0.4, -0.2) is 21.3 Å². The predicted octanol–water partition coefficient (Wildman–Crippen LogP) is 6.05. The van der Waals surface area contributed by atoms with Gasteiger partial charge in [0.05, 0.1) is 6.10 Å². The van der Waals surface area contributed by atoms with Crippen molar-refractivity contribution < 1.29 is 14.9 Å². The number of aromatic nitrogens is 1. The van der Waals surface area contributed by atoms with Gasteiger partial charge in [-0.3, -0.25) is 4.98 Å². The summed E-state index contributed by atoms with van der Waals surface area (Å²) in [4.78, 5) is 4.37. The number of aliphatic hydroxyl groups excluding tert-OH is 1. The van der Waals surface area contributed by atoms with Crippen LogP contribution in [0.1, 0.15) is 52.8 Å². The average Bonchev–Trinajstić information content (AvgIpc) is 2.94. The summed E-state index contributed by atoms with van der Waals surface area (Å²) in [5, 5.41) is 23.4. The van der Waals surface area contributed by atoms with Crippen LogP contribution in [0.3, 0.4) is 0 Å². The third-order valence-corrected chi connectivity index (χ3v) is 8.97. The van der Waals surface area contributed by atoms with Crippen LogP contribution in [0, 0.1) is 12.8 Å². The Morgan fingerprint density at radius 3 is 2.45 bits per heavy atom. The smallest absolute Gasteiger partial charge is 0.120 e. The van der Waals surface area contributed by atoms with Crippen LogP contribution in [0.5, 0.6) is 5.75 Å². The molecule has 0 radical (unpaired) electrons. The van der Waals surface area contributed by atoms with E-state index in [2.05, 4.69) is 53.5 Å². The van der Waals surface area contributed by atoms with E-state index in [-0.39, 0.29) is 11.3 Å². The molecule has 6 rings (SSSR count). The highest BCUT2D eigenvalue weighted by Crippen LogP contribution is 2.56. The van der Waals surface area contributed by atoms with Crippen LogP contribution in [0.25, 0.3) is 0 Å². The van der Waals surface area contributed by atoms with Gasteiger partial charge in [-0.25, -0.2) is 0 Å². The summed E-state index contributed by atoms with van der Waals surface area (Å²) in [6.45, 7) is 2.49.